The van der Waals surface area contributed by atoms with Gasteiger partial charge in [0.15, 0.2) is 13.2 Å². The third-order valence-corrected chi connectivity index (χ3v) is 4.57. The highest BCUT2D eigenvalue weighted by Crippen LogP contribution is 2.39. The molecule has 180 valence electrons. The molecule has 0 aliphatic carbocycles. The summed E-state index contributed by atoms with van der Waals surface area (Å²) in [6.45, 7) is -3.76. The lowest BCUT2D eigenvalue weighted by Crippen LogP contribution is -2.31. The Kier molecular flexibility index (Phi) is 7.33. The van der Waals surface area contributed by atoms with Crippen molar-refractivity contribution in [2.75, 3.05) is 18.1 Å². The van der Waals surface area contributed by atoms with Crippen LogP contribution in [0.1, 0.15) is 11.5 Å². The quantitative estimate of drug-likeness (QED) is 0.412. The predicted molar refractivity (Wildman–Crippen MR) is 108 cm³/mol. The van der Waals surface area contributed by atoms with E-state index in [-0.39, 0.29) is 16.7 Å². The van der Waals surface area contributed by atoms with Crippen LogP contribution in [-0.2, 0) is 19.1 Å². The van der Waals surface area contributed by atoms with Gasteiger partial charge in [-0.15, -0.1) is 0 Å². The Hall–Kier alpha value is -3.76. The molecule has 0 atom stereocenters. The van der Waals surface area contributed by atoms with Crippen LogP contribution in [0.2, 0.25) is 0 Å². The number of alkyl halides is 6. The number of hydrogen-bond acceptors (Lipinski definition) is 5. The highest BCUT2D eigenvalue weighted by Gasteiger charge is 2.39. The van der Waals surface area contributed by atoms with Gasteiger partial charge < -0.3 is 14.4 Å². The number of anilines is 1. The van der Waals surface area contributed by atoms with Crippen molar-refractivity contribution in [2.24, 2.45) is 0 Å². The monoisotopic (exact) mass is 485 g/mol. The molecule has 0 spiro atoms. The van der Waals surface area contributed by atoms with Gasteiger partial charge in [0.2, 0.25) is 0 Å². The molecule has 1 aliphatic heterocycles. The van der Waals surface area contributed by atoms with Crippen molar-refractivity contribution in [2.45, 2.75) is 18.3 Å². The maximum Gasteiger partial charge on any atom is 0.422 e. The Bertz CT molecular complexity index is 1030. The molecule has 0 unspecified atom stereocenters. The average molecular weight is 485 g/mol. The molecule has 0 bridgehead atoms. The van der Waals surface area contributed by atoms with Crippen LogP contribution in [0.25, 0.3) is 0 Å². The molecule has 0 amide bonds. The lowest BCUT2D eigenvalue weighted by molar-refractivity contribution is -0.184. The summed E-state index contributed by atoms with van der Waals surface area (Å²) < 4.78 is 84.8. The minimum atomic E-state index is -4.81. The predicted octanol–water partition coefficient (Wildman–Crippen LogP) is 5.27. The fourth-order valence-electron chi connectivity index (χ4n) is 3.21. The minimum Gasteiger partial charge on any atom is -0.453 e. The zero-order chi connectivity index (χ0) is 24.9. The second kappa shape index (κ2) is 10.0. The molecule has 0 radical (unpaired) electrons. The van der Waals surface area contributed by atoms with E-state index >= 15 is 0 Å². The maximum absolute atomic E-state index is 12.7. The first kappa shape index (κ1) is 24.9. The highest BCUT2D eigenvalue weighted by molar-refractivity contribution is 6.00. The first-order valence-electron chi connectivity index (χ1n) is 9.74. The normalized spacial score (nSPS) is 14.8. The fraction of sp³-hybridized carbons (Fsp3) is 0.217. The summed E-state index contributed by atoms with van der Waals surface area (Å²) in [5.74, 6) is -4.11. The topological polar surface area (TPSA) is 55.8 Å². The Morgan fingerprint density at radius 2 is 1.12 bits per heavy atom. The number of carbonyl (C=O) groups excluding carboxylic acids is 2. The maximum atomic E-state index is 12.7. The fourth-order valence-corrected chi connectivity index (χ4v) is 3.21. The zero-order valence-electron chi connectivity index (χ0n) is 17.3. The van der Waals surface area contributed by atoms with Crippen LogP contribution in [0, 0.1) is 0 Å². The molecule has 3 rings (SSSR count). The minimum absolute atomic E-state index is 0.264. The number of nitrogens with zero attached hydrogens (tertiary/aromatic N) is 1. The summed E-state index contributed by atoms with van der Waals surface area (Å²) in [4.78, 5) is 26.7. The Balaban J connectivity index is 2.08. The Labute approximate surface area is 189 Å². The van der Waals surface area contributed by atoms with E-state index in [2.05, 4.69) is 9.47 Å². The van der Waals surface area contributed by atoms with Crippen LogP contribution < -0.4 is 4.90 Å². The van der Waals surface area contributed by atoms with Crippen molar-refractivity contribution >= 4 is 17.6 Å². The van der Waals surface area contributed by atoms with Crippen LogP contribution in [0.4, 0.5) is 32.0 Å². The van der Waals surface area contributed by atoms with Gasteiger partial charge >= 0.3 is 24.3 Å². The van der Waals surface area contributed by atoms with Crippen LogP contribution >= 0.6 is 0 Å². The molecule has 1 heterocycles. The van der Waals surface area contributed by atoms with E-state index in [9.17, 15) is 35.9 Å². The van der Waals surface area contributed by atoms with Gasteiger partial charge in [0.25, 0.3) is 0 Å². The molecular formula is C23H17F6NO4. The first-order valence-corrected chi connectivity index (χ1v) is 9.74. The van der Waals surface area contributed by atoms with Gasteiger partial charge in [-0.3, -0.25) is 0 Å². The molecule has 11 heteroatoms. The number of ether oxygens (including phenoxy) is 2. The molecule has 0 aromatic heterocycles. The number of carbonyl (C=O) groups is 2. The standard InChI is InChI=1S/C23H17F6NO4/c24-22(25,26)13-33-20(31)17-11-30(16-9-5-2-6-10-16)12-18(21(32)34-14-23(27,28)29)19(17)15-7-3-1-4-8-15/h1-12,19H,13-14H2. The van der Waals surface area contributed by atoms with Gasteiger partial charge in [-0.05, 0) is 17.7 Å². The van der Waals surface area contributed by atoms with Gasteiger partial charge in [-0.2, -0.15) is 26.3 Å². The summed E-state index contributed by atoms with van der Waals surface area (Å²) in [6, 6.07) is 15.7. The third-order valence-electron chi connectivity index (χ3n) is 4.57. The molecule has 0 fully saturated rings. The SMILES string of the molecule is O=C(OCC(F)(F)F)C1=CN(c2ccccc2)C=C(C(=O)OCC(F)(F)F)C1c1ccccc1. The van der Waals surface area contributed by atoms with Gasteiger partial charge in [0.1, 0.15) is 0 Å². The van der Waals surface area contributed by atoms with E-state index in [1.165, 1.54) is 41.6 Å². The molecule has 5 nitrogen and oxygen atoms in total. The zero-order valence-corrected chi connectivity index (χ0v) is 17.3. The number of benzene rings is 2. The van der Waals surface area contributed by atoms with Crippen molar-refractivity contribution in [1.82, 2.24) is 0 Å². The highest BCUT2D eigenvalue weighted by atomic mass is 19.4. The van der Waals surface area contributed by atoms with Crippen LogP contribution in [-0.4, -0.2) is 37.5 Å². The van der Waals surface area contributed by atoms with Gasteiger partial charge in [-0.25, -0.2) is 9.59 Å². The summed E-state index contributed by atoms with van der Waals surface area (Å²) in [7, 11) is 0. The molecule has 2 aromatic carbocycles. The second-order valence-electron chi connectivity index (χ2n) is 7.14. The van der Waals surface area contributed by atoms with Gasteiger partial charge in [-0.1, -0.05) is 48.5 Å². The van der Waals surface area contributed by atoms with Crippen molar-refractivity contribution in [1.29, 1.82) is 0 Å². The molecule has 0 saturated carbocycles. The van der Waals surface area contributed by atoms with Crippen molar-refractivity contribution in [3.8, 4) is 0 Å². The summed E-state index contributed by atoms with van der Waals surface area (Å²) in [5.41, 5.74) is -0.126. The van der Waals surface area contributed by atoms with Crippen LogP contribution in [0.3, 0.4) is 0 Å². The van der Waals surface area contributed by atoms with Crippen molar-refractivity contribution in [3.05, 3.63) is 89.8 Å². The number of halogens is 6. The van der Waals surface area contributed by atoms with E-state index in [1.54, 1.807) is 36.4 Å². The lowest BCUT2D eigenvalue weighted by Gasteiger charge is -2.30. The van der Waals surface area contributed by atoms with Crippen LogP contribution in [0.5, 0.6) is 0 Å². The largest absolute Gasteiger partial charge is 0.453 e. The van der Waals surface area contributed by atoms with Gasteiger partial charge in [0, 0.05) is 18.1 Å². The third kappa shape index (κ3) is 6.63. The lowest BCUT2D eigenvalue weighted by atomic mass is 9.83. The van der Waals surface area contributed by atoms with Crippen LogP contribution in [0.15, 0.2) is 84.2 Å². The molecular weight excluding hydrogens is 468 g/mol. The van der Waals surface area contributed by atoms with E-state index in [0.717, 1.165) is 0 Å². The second-order valence-corrected chi connectivity index (χ2v) is 7.14. The first-order chi connectivity index (χ1) is 15.9. The average Bonchev–Trinajstić information content (AvgIpc) is 2.80. The molecule has 34 heavy (non-hydrogen) atoms. The number of rotatable bonds is 6. The number of hydrogen-bond donors (Lipinski definition) is 0. The van der Waals surface area contributed by atoms with Crippen molar-refractivity contribution in [3.63, 3.8) is 0 Å². The van der Waals surface area contributed by atoms with Gasteiger partial charge in [0.05, 0.1) is 17.1 Å². The Morgan fingerprint density at radius 1 is 0.706 bits per heavy atom. The van der Waals surface area contributed by atoms with Crippen molar-refractivity contribution < 1.29 is 45.4 Å². The molecule has 1 aliphatic rings. The summed E-state index contributed by atoms with van der Waals surface area (Å²) >= 11 is 0. The van der Waals surface area contributed by atoms with E-state index < -0.39 is 43.4 Å². The molecule has 2 aromatic rings. The molecule has 0 N–H and O–H groups in total. The Morgan fingerprint density at radius 3 is 1.53 bits per heavy atom. The van der Waals surface area contributed by atoms with E-state index in [1.807, 2.05) is 0 Å². The number of para-hydroxylation sites is 1. The molecule has 0 saturated heterocycles. The van der Waals surface area contributed by atoms with E-state index in [0.29, 0.717) is 5.69 Å². The van der Waals surface area contributed by atoms with E-state index in [4.69, 9.17) is 0 Å². The smallest absolute Gasteiger partial charge is 0.422 e. The summed E-state index contributed by atoms with van der Waals surface area (Å²) in [6.07, 6.45) is -7.27. The number of esters is 2. The summed E-state index contributed by atoms with van der Waals surface area (Å²) in [5, 5.41) is 0.